The summed E-state index contributed by atoms with van der Waals surface area (Å²) in [7, 11) is 3.26. The number of nitrogens with two attached hydrogens (primary N) is 1. The van der Waals surface area contributed by atoms with Crippen LogP contribution in [0.1, 0.15) is 42.9 Å². The number of aliphatic hydroxyl groups is 3. The fourth-order valence-electron chi connectivity index (χ4n) is 6.94. The standard InChI is InChI=1S/C30H34N2O7/c1-13(2)14-6-5-7-15(10-14)17-8-9-20(33)22-18(17)11-16-12-19-24(32(3)4)26(35)23(29(31)38)28(37)30(19,39)27(36)21(16)25(22)34/h5-10,13,16,19,23-24,26,33-35,39H,11-12H2,1-4H3,(H2,31,38)/t16-,19-,23?,24-,26?,30-/m1/s1. The lowest BCUT2D eigenvalue weighted by atomic mass is 9.54. The molecule has 5 rings (SSSR count). The molecule has 39 heavy (non-hydrogen) atoms. The van der Waals surface area contributed by atoms with E-state index in [1.54, 1.807) is 25.1 Å². The van der Waals surface area contributed by atoms with Gasteiger partial charge in [-0.3, -0.25) is 14.4 Å². The molecule has 2 unspecified atom stereocenters. The van der Waals surface area contributed by atoms with E-state index in [2.05, 4.69) is 19.9 Å². The number of rotatable bonds is 4. The average molecular weight is 535 g/mol. The van der Waals surface area contributed by atoms with Crippen LogP contribution in [0.25, 0.3) is 16.9 Å². The number of phenols is 1. The average Bonchev–Trinajstić information content (AvgIpc) is 2.86. The molecule has 1 amide bonds. The van der Waals surface area contributed by atoms with Gasteiger partial charge in [0.2, 0.25) is 11.7 Å². The molecule has 0 aromatic heterocycles. The quantitative estimate of drug-likeness (QED) is 0.372. The summed E-state index contributed by atoms with van der Waals surface area (Å²) in [6, 6.07) is 10.3. The number of ketones is 2. The second-order valence-corrected chi connectivity index (χ2v) is 11.6. The number of phenolic OH excluding ortho intramolecular Hbond substituents is 1. The first-order valence-electron chi connectivity index (χ1n) is 13.1. The third kappa shape index (κ3) is 3.83. The molecule has 0 aliphatic heterocycles. The number of amides is 1. The van der Waals surface area contributed by atoms with Crippen LogP contribution in [0.15, 0.2) is 42.0 Å². The number of nitrogens with zero attached hydrogens (tertiary/aromatic N) is 1. The van der Waals surface area contributed by atoms with Gasteiger partial charge in [0.05, 0.1) is 11.7 Å². The zero-order valence-electron chi connectivity index (χ0n) is 22.4. The van der Waals surface area contributed by atoms with Crippen molar-refractivity contribution in [2.75, 3.05) is 14.1 Å². The van der Waals surface area contributed by atoms with Crippen LogP contribution in [0.2, 0.25) is 0 Å². The van der Waals surface area contributed by atoms with Crippen molar-refractivity contribution in [3.63, 3.8) is 0 Å². The van der Waals surface area contributed by atoms with Crippen LogP contribution in [-0.4, -0.2) is 74.6 Å². The Bertz CT molecular complexity index is 1430. The predicted molar refractivity (Wildman–Crippen MR) is 144 cm³/mol. The summed E-state index contributed by atoms with van der Waals surface area (Å²) in [6.07, 6.45) is -1.18. The number of likely N-dealkylation sites (N-methyl/N-ethyl adjacent to an activating group) is 1. The molecule has 0 saturated heterocycles. The Kier molecular flexibility index (Phi) is 6.44. The Balaban J connectivity index is 1.70. The number of aliphatic hydroxyl groups excluding tert-OH is 2. The Morgan fingerprint density at radius 1 is 1.13 bits per heavy atom. The van der Waals surface area contributed by atoms with E-state index >= 15 is 0 Å². The zero-order chi connectivity index (χ0) is 28.5. The minimum Gasteiger partial charge on any atom is -0.507 e. The highest BCUT2D eigenvalue weighted by atomic mass is 16.3. The number of carbonyl (C=O) groups excluding carboxylic acids is 3. The number of hydrogen-bond acceptors (Lipinski definition) is 8. The Morgan fingerprint density at radius 2 is 1.82 bits per heavy atom. The molecule has 2 aromatic carbocycles. The van der Waals surface area contributed by atoms with E-state index in [9.17, 15) is 34.8 Å². The van der Waals surface area contributed by atoms with Crippen LogP contribution >= 0.6 is 0 Å². The highest BCUT2D eigenvalue weighted by molar-refractivity contribution is 6.25. The molecule has 6 N–H and O–H groups in total. The van der Waals surface area contributed by atoms with Crippen molar-refractivity contribution in [3.8, 4) is 16.9 Å². The maximum atomic E-state index is 14.0. The van der Waals surface area contributed by atoms with E-state index in [-0.39, 0.29) is 35.6 Å². The number of hydrogen-bond donors (Lipinski definition) is 5. The minimum atomic E-state index is -2.66. The fraction of sp³-hybridized carbons (Fsp3) is 0.433. The summed E-state index contributed by atoms with van der Waals surface area (Å²) in [5.41, 5.74) is 6.15. The second kappa shape index (κ2) is 9.29. The summed E-state index contributed by atoms with van der Waals surface area (Å²) in [6.45, 7) is 4.18. The van der Waals surface area contributed by atoms with E-state index in [1.165, 1.54) is 6.07 Å². The predicted octanol–water partition coefficient (Wildman–Crippen LogP) is 1.92. The van der Waals surface area contributed by atoms with Gasteiger partial charge in [-0.1, -0.05) is 44.2 Å². The lowest BCUT2D eigenvalue weighted by molar-refractivity contribution is -0.184. The molecule has 206 valence electrons. The number of aromatic hydroxyl groups is 1. The number of Topliss-reactive ketones (excluding diaryl/α,β-unsaturated/α-hetero) is 2. The molecular weight excluding hydrogens is 500 g/mol. The molecule has 0 radical (unpaired) electrons. The minimum absolute atomic E-state index is 0.0827. The lowest BCUT2D eigenvalue weighted by Gasteiger charge is -2.53. The van der Waals surface area contributed by atoms with Crippen LogP contribution in [0.3, 0.4) is 0 Å². The first-order chi connectivity index (χ1) is 18.3. The highest BCUT2D eigenvalue weighted by Crippen LogP contribution is 2.53. The maximum absolute atomic E-state index is 14.0. The maximum Gasteiger partial charge on any atom is 0.230 e. The third-order valence-corrected chi connectivity index (χ3v) is 8.84. The van der Waals surface area contributed by atoms with Gasteiger partial charge < -0.3 is 31.1 Å². The van der Waals surface area contributed by atoms with Crippen molar-refractivity contribution in [1.82, 2.24) is 4.90 Å². The third-order valence-electron chi connectivity index (χ3n) is 8.84. The van der Waals surface area contributed by atoms with Gasteiger partial charge in [-0.15, -0.1) is 0 Å². The molecule has 0 bridgehead atoms. The number of carbonyl (C=O) groups is 3. The number of primary amides is 1. The first kappa shape index (κ1) is 27.1. The summed E-state index contributed by atoms with van der Waals surface area (Å²) < 4.78 is 0. The molecule has 2 aromatic rings. The second-order valence-electron chi connectivity index (χ2n) is 11.6. The number of benzene rings is 2. The molecule has 2 fully saturated rings. The van der Waals surface area contributed by atoms with E-state index in [0.717, 1.165) is 16.7 Å². The Morgan fingerprint density at radius 3 is 2.44 bits per heavy atom. The van der Waals surface area contributed by atoms with Gasteiger partial charge >= 0.3 is 0 Å². The van der Waals surface area contributed by atoms with Gasteiger partial charge in [0, 0.05) is 17.5 Å². The SMILES string of the molecule is CC(C)c1cccc(-c2ccc(O)c3c2C[C@@H]2C[C@@H]4[C@@H](N(C)C)C(O)C(C(N)=O)C(=O)[C@]4(O)C(=O)C2=C3O)c1. The lowest BCUT2D eigenvalue weighted by Crippen LogP contribution is -2.73. The summed E-state index contributed by atoms with van der Waals surface area (Å²) in [5.74, 6) is -7.20. The largest absolute Gasteiger partial charge is 0.507 e. The summed E-state index contributed by atoms with van der Waals surface area (Å²) in [5, 5.41) is 45.0. The Labute approximate surface area is 226 Å². The van der Waals surface area contributed by atoms with Crippen LogP contribution in [-0.2, 0) is 20.8 Å². The summed E-state index contributed by atoms with van der Waals surface area (Å²) in [4.78, 5) is 41.1. The molecule has 3 aliphatic rings. The molecular formula is C30H34N2O7. The van der Waals surface area contributed by atoms with Gasteiger partial charge in [0.25, 0.3) is 0 Å². The van der Waals surface area contributed by atoms with Gasteiger partial charge in [-0.25, -0.2) is 0 Å². The van der Waals surface area contributed by atoms with Crippen LogP contribution in [0.5, 0.6) is 5.75 Å². The zero-order valence-corrected chi connectivity index (χ0v) is 22.4. The topological polar surface area (TPSA) is 161 Å². The molecule has 0 spiro atoms. The number of fused-ring (bicyclic) bond motifs is 3. The Hall–Kier alpha value is -3.53. The van der Waals surface area contributed by atoms with Crippen molar-refractivity contribution in [2.24, 2.45) is 23.5 Å². The first-order valence-corrected chi connectivity index (χ1v) is 13.1. The van der Waals surface area contributed by atoms with Crippen molar-refractivity contribution in [1.29, 1.82) is 0 Å². The smallest absolute Gasteiger partial charge is 0.230 e. The molecule has 0 heterocycles. The molecule has 9 heteroatoms. The van der Waals surface area contributed by atoms with E-state index in [1.807, 2.05) is 18.2 Å². The highest BCUT2D eigenvalue weighted by Gasteiger charge is 2.67. The van der Waals surface area contributed by atoms with Crippen molar-refractivity contribution in [3.05, 3.63) is 58.7 Å². The van der Waals surface area contributed by atoms with Crippen molar-refractivity contribution in [2.45, 2.75) is 50.4 Å². The van der Waals surface area contributed by atoms with Gasteiger partial charge in [0.15, 0.2) is 11.4 Å². The van der Waals surface area contributed by atoms with Crippen molar-refractivity contribution >= 4 is 23.2 Å². The van der Waals surface area contributed by atoms with Gasteiger partial charge in [-0.05, 0) is 67.1 Å². The molecule has 6 atom stereocenters. The normalized spacial score (nSPS) is 30.3. The summed E-state index contributed by atoms with van der Waals surface area (Å²) >= 11 is 0. The monoisotopic (exact) mass is 534 g/mol. The molecule has 3 aliphatic carbocycles. The van der Waals surface area contributed by atoms with E-state index in [0.29, 0.717) is 5.56 Å². The fourth-order valence-corrected chi connectivity index (χ4v) is 6.94. The van der Waals surface area contributed by atoms with Crippen LogP contribution in [0.4, 0.5) is 0 Å². The van der Waals surface area contributed by atoms with Gasteiger partial charge in [0.1, 0.15) is 17.4 Å². The van der Waals surface area contributed by atoms with Crippen LogP contribution < -0.4 is 5.73 Å². The molecule has 2 saturated carbocycles. The van der Waals surface area contributed by atoms with E-state index < -0.39 is 58.7 Å². The van der Waals surface area contributed by atoms with Crippen LogP contribution in [0, 0.1) is 17.8 Å². The van der Waals surface area contributed by atoms with E-state index in [4.69, 9.17) is 5.73 Å². The van der Waals surface area contributed by atoms with Gasteiger partial charge in [-0.2, -0.15) is 0 Å². The molecule has 9 nitrogen and oxygen atoms in total. The van der Waals surface area contributed by atoms with Crippen molar-refractivity contribution < 1.29 is 34.8 Å².